The van der Waals surface area contributed by atoms with E-state index < -0.39 is 85.2 Å². The van der Waals surface area contributed by atoms with Gasteiger partial charge in [0.1, 0.15) is 42.0 Å². The van der Waals surface area contributed by atoms with Crippen LogP contribution in [-0.2, 0) is 28.7 Å². The van der Waals surface area contributed by atoms with E-state index in [9.17, 15) is 39.6 Å². The summed E-state index contributed by atoms with van der Waals surface area (Å²) in [7, 11) is 1.41. The minimum atomic E-state index is -1.74. The van der Waals surface area contributed by atoms with Crippen molar-refractivity contribution in [2.45, 2.75) is 76.0 Å². The summed E-state index contributed by atoms with van der Waals surface area (Å²) in [6.07, 6.45) is -7.74. The summed E-state index contributed by atoms with van der Waals surface area (Å²) >= 11 is 0. The SMILES string of the molecule is CNC(=O)[C@H](C)NC(=O)[C@H](C)NC(=O)[C@](C)(CO[C@@H]1O[C@H](CO)[C@@H](O)[C@H](O)[C@H]1O)NC(C)=O. The molecule has 1 saturated heterocycles. The Morgan fingerprint density at radius 1 is 1.00 bits per heavy atom. The molecule has 0 unspecified atom stereocenters. The first-order valence-electron chi connectivity index (χ1n) is 10.3. The summed E-state index contributed by atoms with van der Waals surface area (Å²) in [6, 6.07) is -1.94. The minimum Gasteiger partial charge on any atom is -0.394 e. The van der Waals surface area contributed by atoms with E-state index in [0.29, 0.717) is 0 Å². The highest BCUT2D eigenvalue weighted by molar-refractivity contribution is 5.95. The third-order valence-electron chi connectivity index (χ3n) is 5.08. The maximum absolute atomic E-state index is 12.9. The van der Waals surface area contributed by atoms with Gasteiger partial charge < -0.3 is 51.2 Å². The number of nitrogens with one attached hydrogen (secondary N) is 4. The molecule has 0 aromatic heterocycles. The molecular weight excluding hydrogens is 444 g/mol. The molecule has 1 fully saturated rings. The molecule has 0 aromatic carbocycles. The van der Waals surface area contributed by atoms with E-state index in [1.807, 2.05) is 0 Å². The minimum absolute atomic E-state index is 0.433. The maximum atomic E-state index is 12.9. The molecule has 33 heavy (non-hydrogen) atoms. The molecule has 14 nitrogen and oxygen atoms in total. The van der Waals surface area contributed by atoms with Crippen LogP contribution in [0.5, 0.6) is 0 Å². The third-order valence-corrected chi connectivity index (χ3v) is 5.08. The van der Waals surface area contributed by atoms with Gasteiger partial charge in [0.05, 0.1) is 13.2 Å². The van der Waals surface area contributed by atoms with Crippen LogP contribution in [-0.4, -0.2) is 113 Å². The van der Waals surface area contributed by atoms with E-state index in [-0.39, 0.29) is 0 Å². The fraction of sp³-hybridized carbons (Fsp3) is 0.789. The standard InChI is InChI=1S/C19H34N4O10/c1-8(15(29)20-5)21-16(30)9(2)22-18(31)19(4,23-10(3)25)7-32-17-14(28)13(27)12(26)11(6-24)33-17/h8-9,11-14,17,24,26-28H,6-7H2,1-5H3,(H,20,29)(H,21,30)(H,22,31)(H,23,25)/t8-,9-,11+,12+,13-,14+,17+,19-/m0/s1. The Kier molecular flexibility index (Phi) is 10.6. The van der Waals surface area contributed by atoms with Crippen LogP contribution in [0.2, 0.25) is 0 Å². The predicted octanol–water partition coefficient (Wildman–Crippen LogP) is -4.55. The molecule has 1 rings (SSSR count). The van der Waals surface area contributed by atoms with Crippen molar-refractivity contribution in [1.29, 1.82) is 0 Å². The first-order valence-corrected chi connectivity index (χ1v) is 10.3. The van der Waals surface area contributed by atoms with Crippen molar-refractivity contribution in [3.8, 4) is 0 Å². The van der Waals surface area contributed by atoms with Gasteiger partial charge in [-0.05, 0) is 20.8 Å². The molecule has 14 heteroatoms. The highest BCUT2D eigenvalue weighted by atomic mass is 16.7. The fourth-order valence-electron chi connectivity index (χ4n) is 3.04. The number of hydrogen-bond acceptors (Lipinski definition) is 10. The van der Waals surface area contributed by atoms with Crippen molar-refractivity contribution < 1.29 is 49.1 Å². The molecule has 1 aliphatic rings. The van der Waals surface area contributed by atoms with Gasteiger partial charge in [0.15, 0.2) is 6.29 Å². The molecule has 0 bridgehead atoms. The predicted molar refractivity (Wildman–Crippen MR) is 111 cm³/mol. The van der Waals surface area contributed by atoms with Crippen molar-refractivity contribution in [2.75, 3.05) is 20.3 Å². The van der Waals surface area contributed by atoms with Crippen molar-refractivity contribution in [3.05, 3.63) is 0 Å². The highest BCUT2D eigenvalue weighted by Gasteiger charge is 2.46. The average molecular weight is 478 g/mol. The number of rotatable bonds is 10. The molecule has 0 radical (unpaired) electrons. The molecule has 0 spiro atoms. The topological polar surface area (TPSA) is 216 Å². The second-order valence-corrected chi connectivity index (χ2v) is 8.06. The molecular formula is C19H34N4O10. The number of amides is 4. The van der Waals surface area contributed by atoms with Crippen molar-refractivity contribution >= 4 is 23.6 Å². The van der Waals surface area contributed by atoms with E-state index in [4.69, 9.17) is 9.47 Å². The fourth-order valence-corrected chi connectivity index (χ4v) is 3.04. The lowest BCUT2D eigenvalue weighted by molar-refractivity contribution is -0.303. The lowest BCUT2D eigenvalue weighted by Crippen LogP contribution is -2.64. The second-order valence-electron chi connectivity index (χ2n) is 8.06. The lowest BCUT2D eigenvalue weighted by Gasteiger charge is -2.41. The van der Waals surface area contributed by atoms with Gasteiger partial charge in [-0.3, -0.25) is 19.2 Å². The largest absolute Gasteiger partial charge is 0.394 e. The first kappa shape index (κ1) is 28.7. The van der Waals surface area contributed by atoms with E-state index in [0.717, 1.165) is 6.92 Å². The zero-order valence-corrected chi connectivity index (χ0v) is 19.2. The van der Waals surface area contributed by atoms with Gasteiger partial charge in [-0.25, -0.2) is 0 Å². The zero-order valence-electron chi connectivity index (χ0n) is 19.2. The van der Waals surface area contributed by atoms with Crippen molar-refractivity contribution in [1.82, 2.24) is 21.3 Å². The lowest BCUT2D eigenvalue weighted by atomic mass is 9.98. The van der Waals surface area contributed by atoms with E-state index >= 15 is 0 Å². The molecule has 190 valence electrons. The molecule has 4 amide bonds. The zero-order chi connectivity index (χ0) is 25.5. The van der Waals surface area contributed by atoms with Crippen LogP contribution in [0, 0.1) is 0 Å². The Morgan fingerprint density at radius 2 is 1.58 bits per heavy atom. The summed E-state index contributed by atoms with van der Waals surface area (Å²) in [4.78, 5) is 48.4. The molecule has 1 aliphatic heterocycles. The Morgan fingerprint density at radius 3 is 2.09 bits per heavy atom. The average Bonchev–Trinajstić information content (AvgIpc) is 2.75. The molecule has 8 atom stereocenters. The number of aliphatic hydroxyl groups excluding tert-OH is 4. The Balaban J connectivity index is 2.87. The molecule has 0 aromatic rings. The van der Waals surface area contributed by atoms with Crippen molar-refractivity contribution in [2.24, 2.45) is 0 Å². The Bertz CT molecular complexity index is 721. The summed E-state index contributed by atoms with van der Waals surface area (Å²) in [5.74, 6) is -2.51. The number of aliphatic hydroxyl groups is 4. The molecule has 0 saturated carbocycles. The summed E-state index contributed by atoms with van der Waals surface area (Å²) in [5.41, 5.74) is -1.74. The van der Waals surface area contributed by atoms with Gasteiger partial charge >= 0.3 is 0 Å². The number of likely N-dealkylation sites (N-methyl/N-ethyl adjacent to an activating group) is 1. The van der Waals surface area contributed by atoms with Crippen LogP contribution in [0.3, 0.4) is 0 Å². The van der Waals surface area contributed by atoms with Crippen LogP contribution in [0.15, 0.2) is 0 Å². The first-order chi connectivity index (χ1) is 15.3. The monoisotopic (exact) mass is 478 g/mol. The number of carbonyl (C=O) groups excluding carboxylic acids is 4. The molecule has 8 N–H and O–H groups in total. The van der Waals surface area contributed by atoms with Crippen LogP contribution < -0.4 is 21.3 Å². The van der Waals surface area contributed by atoms with Crippen LogP contribution in [0.25, 0.3) is 0 Å². The number of hydrogen-bond donors (Lipinski definition) is 8. The van der Waals surface area contributed by atoms with Gasteiger partial charge in [0.2, 0.25) is 23.6 Å². The van der Waals surface area contributed by atoms with Gasteiger partial charge in [0.25, 0.3) is 0 Å². The van der Waals surface area contributed by atoms with Crippen LogP contribution in [0.4, 0.5) is 0 Å². The van der Waals surface area contributed by atoms with Gasteiger partial charge in [-0.2, -0.15) is 0 Å². The van der Waals surface area contributed by atoms with Crippen LogP contribution in [0.1, 0.15) is 27.7 Å². The second kappa shape index (κ2) is 12.2. The Labute approximate surface area is 191 Å². The smallest absolute Gasteiger partial charge is 0.248 e. The Hall–Kier alpha value is -2.36. The summed E-state index contributed by atoms with van der Waals surface area (Å²) in [5, 5.41) is 48.7. The summed E-state index contributed by atoms with van der Waals surface area (Å²) in [6.45, 7) is 4.04. The van der Waals surface area contributed by atoms with Gasteiger partial charge in [-0.15, -0.1) is 0 Å². The third kappa shape index (κ3) is 7.58. The van der Waals surface area contributed by atoms with Gasteiger partial charge in [-0.1, -0.05) is 0 Å². The normalized spacial score (nSPS) is 28.6. The highest BCUT2D eigenvalue weighted by Crippen LogP contribution is 2.23. The maximum Gasteiger partial charge on any atom is 0.248 e. The van der Waals surface area contributed by atoms with E-state index in [1.165, 1.54) is 27.8 Å². The number of carbonyl (C=O) groups is 4. The summed E-state index contributed by atoms with van der Waals surface area (Å²) < 4.78 is 10.6. The van der Waals surface area contributed by atoms with Gasteiger partial charge in [0, 0.05) is 14.0 Å². The molecule has 0 aliphatic carbocycles. The quantitative estimate of drug-likeness (QED) is 0.150. The number of ether oxygens (including phenoxy) is 2. The van der Waals surface area contributed by atoms with Crippen molar-refractivity contribution in [3.63, 3.8) is 0 Å². The molecule has 1 heterocycles. The van der Waals surface area contributed by atoms with Crippen LogP contribution >= 0.6 is 0 Å². The van der Waals surface area contributed by atoms with E-state index in [2.05, 4.69) is 21.3 Å². The van der Waals surface area contributed by atoms with E-state index in [1.54, 1.807) is 0 Å².